The standard InChI is InChI=1S/C9H8BrN5O3S/c10-5-1-2-7(6(3-5)15(16)17)18-4-8-13-14-9(12-11)19-8/h1-3H,4,11H2,(H,12,14). The molecule has 3 N–H and O–H groups in total. The summed E-state index contributed by atoms with van der Waals surface area (Å²) in [6.07, 6.45) is 0. The number of nitrogen functional groups attached to an aromatic ring is 1. The van der Waals surface area contributed by atoms with Gasteiger partial charge in [-0.1, -0.05) is 27.3 Å². The van der Waals surface area contributed by atoms with Gasteiger partial charge in [-0.05, 0) is 12.1 Å². The molecule has 1 aromatic carbocycles. The maximum Gasteiger partial charge on any atom is 0.312 e. The van der Waals surface area contributed by atoms with Crippen LogP contribution in [0, 0.1) is 10.1 Å². The number of anilines is 1. The number of hydrazine groups is 1. The summed E-state index contributed by atoms with van der Waals surface area (Å²) in [5.41, 5.74) is 2.24. The first-order valence-corrected chi connectivity index (χ1v) is 6.57. The minimum absolute atomic E-state index is 0.0851. The smallest absolute Gasteiger partial charge is 0.312 e. The van der Waals surface area contributed by atoms with Gasteiger partial charge >= 0.3 is 5.69 Å². The van der Waals surface area contributed by atoms with Crippen molar-refractivity contribution in [3.63, 3.8) is 0 Å². The minimum Gasteiger partial charge on any atom is -0.479 e. The Morgan fingerprint density at radius 2 is 2.32 bits per heavy atom. The Labute approximate surface area is 119 Å². The summed E-state index contributed by atoms with van der Waals surface area (Å²) in [4.78, 5) is 10.4. The number of aromatic nitrogens is 2. The molecule has 0 atom stereocenters. The third-order valence-electron chi connectivity index (χ3n) is 2.06. The normalized spacial score (nSPS) is 10.2. The van der Waals surface area contributed by atoms with E-state index in [1.165, 1.54) is 23.5 Å². The Morgan fingerprint density at radius 1 is 1.53 bits per heavy atom. The molecule has 0 aliphatic carbocycles. The summed E-state index contributed by atoms with van der Waals surface area (Å²) in [5, 5.41) is 19.4. The van der Waals surface area contributed by atoms with Gasteiger partial charge in [0.2, 0.25) is 5.13 Å². The van der Waals surface area contributed by atoms with E-state index in [9.17, 15) is 10.1 Å². The van der Waals surface area contributed by atoms with E-state index < -0.39 is 4.92 Å². The molecular formula is C9H8BrN5O3S. The molecular weight excluding hydrogens is 338 g/mol. The van der Waals surface area contributed by atoms with Crippen LogP contribution in [0.2, 0.25) is 0 Å². The van der Waals surface area contributed by atoms with Crippen molar-refractivity contribution < 1.29 is 9.66 Å². The molecule has 1 aromatic heterocycles. The summed E-state index contributed by atoms with van der Waals surface area (Å²) in [5.74, 6) is 5.35. The van der Waals surface area contributed by atoms with Crippen LogP contribution >= 0.6 is 27.3 Å². The highest BCUT2D eigenvalue weighted by Gasteiger charge is 2.16. The number of hydrogen-bond donors (Lipinski definition) is 2. The van der Waals surface area contributed by atoms with Crippen molar-refractivity contribution in [3.05, 3.63) is 37.8 Å². The van der Waals surface area contributed by atoms with Crippen LogP contribution in [0.1, 0.15) is 5.01 Å². The summed E-state index contributed by atoms with van der Waals surface area (Å²) >= 11 is 4.38. The number of nitrogens with zero attached hydrogens (tertiary/aromatic N) is 3. The van der Waals surface area contributed by atoms with Crippen molar-refractivity contribution in [2.24, 2.45) is 5.84 Å². The van der Waals surface area contributed by atoms with E-state index in [0.717, 1.165) is 0 Å². The van der Waals surface area contributed by atoms with Crippen LogP contribution < -0.4 is 16.0 Å². The van der Waals surface area contributed by atoms with Gasteiger partial charge in [0, 0.05) is 10.5 Å². The lowest BCUT2D eigenvalue weighted by molar-refractivity contribution is -0.386. The third-order valence-corrected chi connectivity index (χ3v) is 3.38. The van der Waals surface area contributed by atoms with E-state index in [4.69, 9.17) is 10.6 Å². The molecule has 0 radical (unpaired) electrons. The van der Waals surface area contributed by atoms with Crippen LogP contribution in [-0.2, 0) is 6.61 Å². The molecule has 0 unspecified atom stereocenters. The van der Waals surface area contributed by atoms with Crippen molar-refractivity contribution in [2.45, 2.75) is 6.61 Å². The topological polar surface area (TPSA) is 116 Å². The zero-order chi connectivity index (χ0) is 13.8. The lowest BCUT2D eigenvalue weighted by Crippen LogP contribution is -2.05. The number of hydrogen-bond acceptors (Lipinski definition) is 8. The van der Waals surface area contributed by atoms with Gasteiger partial charge in [-0.25, -0.2) is 5.84 Å². The summed E-state index contributed by atoms with van der Waals surface area (Å²) < 4.78 is 5.98. The monoisotopic (exact) mass is 345 g/mol. The molecule has 0 aliphatic rings. The van der Waals surface area contributed by atoms with Gasteiger partial charge in [0.15, 0.2) is 10.8 Å². The Kier molecular flexibility index (Phi) is 4.24. The van der Waals surface area contributed by atoms with E-state index in [2.05, 4.69) is 31.6 Å². The van der Waals surface area contributed by atoms with Crippen LogP contribution in [0.4, 0.5) is 10.8 Å². The lowest BCUT2D eigenvalue weighted by Gasteiger charge is -2.04. The minimum atomic E-state index is -0.507. The zero-order valence-corrected chi connectivity index (χ0v) is 11.8. The molecule has 0 saturated carbocycles. The number of nitro benzene ring substituents is 1. The number of nitro groups is 1. The van der Waals surface area contributed by atoms with Gasteiger partial charge in [0.1, 0.15) is 6.61 Å². The SMILES string of the molecule is NNc1nnc(COc2ccc(Br)cc2[N+](=O)[O-])s1. The summed E-state index contributed by atoms with van der Waals surface area (Å²) in [6, 6.07) is 4.56. The molecule has 10 heteroatoms. The van der Waals surface area contributed by atoms with Crippen LogP contribution in [0.25, 0.3) is 0 Å². The Balaban J connectivity index is 2.12. The molecule has 8 nitrogen and oxygen atoms in total. The number of benzene rings is 1. The van der Waals surface area contributed by atoms with E-state index in [1.807, 2.05) is 0 Å². The van der Waals surface area contributed by atoms with Crippen molar-refractivity contribution in [3.8, 4) is 5.75 Å². The van der Waals surface area contributed by atoms with Crippen molar-refractivity contribution >= 4 is 38.1 Å². The first kappa shape index (κ1) is 13.6. The molecule has 2 aromatic rings. The molecule has 0 fully saturated rings. The molecule has 19 heavy (non-hydrogen) atoms. The van der Waals surface area contributed by atoms with E-state index in [-0.39, 0.29) is 18.0 Å². The second-order valence-corrected chi connectivity index (χ2v) is 5.28. The summed E-state index contributed by atoms with van der Waals surface area (Å²) in [7, 11) is 0. The highest BCUT2D eigenvalue weighted by molar-refractivity contribution is 9.10. The van der Waals surface area contributed by atoms with Gasteiger partial charge in [-0.3, -0.25) is 15.5 Å². The van der Waals surface area contributed by atoms with Gasteiger partial charge in [-0.2, -0.15) is 0 Å². The zero-order valence-electron chi connectivity index (χ0n) is 9.37. The predicted octanol–water partition coefficient (Wildman–Crippen LogP) is 2.07. The van der Waals surface area contributed by atoms with Gasteiger partial charge in [-0.15, -0.1) is 10.2 Å². The van der Waals surface area contributed by atoms with E-state index in [1.54, 1.807) is 6.07 Å². The highest BCUT2D eigenvalue weighted by Crippen LogP contribution is 2.30. The molecule has 100 valence electrons. The molecule has 0 aliphatic heterocycles. The van der Waals surface area contributed by atoms with Gasteiger partial charge in [0.25, 0.3) is 0 Å². The first-order valence-electron chi connectivity index (χ1n) is 4.96. The van der Waals surface area contributed by atoms with Crippen LogP contribution in [0.5, 0.6) is 5.75 Å². The number of rotatable bonds is 5. The fourth-order valence-electron chi connectivity index (χ4n) is 1.27. The van der Waals surface area contributed by atoms with E-state index in [0.29, 0.717) is 14.6 Å². The van der Waals surface area contributed by atoms with Crippen molar-refractivity contribution in [2.75, 3.05) is 5.43 Å². The van der Waals surface area contributed by atoms with Crippen molar-refractivity contribution in [1.82, 2.24) is 10.2 Å². The lowest BCUT2D eigenvalue weighted by atomic mass is 10.3. The van der Waals surface area contributed by atoms with E-state index >= 15 is 0 Å². The largest absolute Gasteiger partial charge is 0.479 e. The quantitative estimate of drug-likeness (QED) is 0.484. The number of halogens is 1. The summed E-state index contributed by atoms with van der Waals surface area (Å²) in [6.45, 7) is 0.0851. The maximum absolute atomic E-state index is 10.9. The average Bonchev–Trinajstić information content (AvgIpc) is 2.85. The highest BCUT2D eigenvalue weighted by atomic mass is 79.9. The molecule has 0 spiro atoms. The van der Waals surface area contributed by atoms with Gasteiger partial charge in [0.05, 0.1) is 4.92 Å². The second kappa shape index (κ2) is 5.91. The maximum atomic E-state index is 10.9. The molecule has 0 bridgehead atoms. The molecule has 2 rings (SSSR count). The number of nitrogens with two attached hydrogens (primary N) is 1. The van der Waals surface area contributed by atoms with Crippen LogP contribution in [0.3, 0.4) is 0 Å². The number of ether oxygens (including phenoxy) is 1. The Hall–Kier alpha value is -1.78. The number of nitrogens with one attached hydrogen (secondary N) is 1. The second-order valence-electron chi connectivity index (χ2n) is 3.30. The first-order chi connectivity index (χ1) is 9.10. The molecule has 0 saturated heterocycles. The average molecular weight is 346 g/mol. The fraction of sp³-hybridized carbons (Fsp3) is 0.111. The van der Waals surface area contributed by atoms with Crippen LogP contribution in [0.15, 0.2) is 22.7 Å². The van der Waals surface area contributed by atoms with Crippen molar-refractivity contribution in [1.29, 1.82) is 0 Å². The molecule has 0 amide bonds. The van der Waals surface area contributed by atoms with Gasteiger partial charge < -0.3 is 4.74 Å². The fourth-order valence-corrected chi connectivity index (χ4v) is 2.18. The Bertz CT molecular complexity index is 605. The van der Waals surface area contributed by atoms with Crippen LogP contribution in [-0.4, -0.2) is 15.1 Å². The third kappa shape index (κ3) is 3.36. The predicted molar refractivity (Wildman–Crippen MR) is 72.8 cm³/mol. The Morgan fingerprint density at radius 3 is 2.95 bits per heavy atom. The molecule has 1 heterocycles.